The summed E-state index contributed by atoms with van der Waals surface area (Å²) in [4.78, 5) is 28.8. The molecule has 1 atom stereocenters. The fraction of sp³-hybridized carbons (Fsp3) is 0.500. The molecule has 0 aliphatic carbocycles. The molecular formula is C16H21N3O4S. The summed E-state index contributed by atoms with van der Waals surface area (Å²) >= 11 is 0. The van der Waals surface area contributed by atoms with Gasteiger partial charge in [-0.15, -0.1) is 0 Å². The van der Waals surface area contributed by atoms with E-state index in [-0.39, 0.29) is 23.6 Å². The number of amides is 2. The van der Waals surface area contributed by atoms with E-state index in [4.69, 9.17) is 0 Å². The van der Waals surface area contributed by atoms with Crippen molar-refractivity contribution in [2.45, 2.75) is 23.8 Å². The second-order valence-electron chi connectivity index (χ2n) is 6.19. The summed E-state index contributed by atoms with van der Waals surface area (Å²) in [6.07, 6.45) is 0.326. The lowest BCUT2D eigenvalue weighted by Crippen LogP contribution is -2.54. The van der Waals surface area contributed by atoms with Crippen LogP contribution in [-0.4, -0.2) is 73.6 Å². The van der Waals surface area contributed by atoms with Crippen LogP contribution in [0.2, 0.25) is 0 Å². The zero-order valence-electron chi connectivity index (χ0n) is 13.6. The van der Waals surface area contributed by atoms with Gasteiger partial charge in [-0.2, -0.15) is 0 Å². The van der Waals surface area contributed by atoms with Gasteiger partial charge >= 0.3 is 0 Å². The molecule has 2 saturated heterocycles. The lowest BCUT2D eigenvalue weighted by molar-refractivity contribution is -0.139. The molecule has 0 bridgehead atoms. The van der Waals surface area contributed by atoms with E-state index in [0.717, 1.165) is 17.4 Å². The van der Waals surface area contributed by atoms with E-state index >= 15 is 0 Å². The maximum absolute atomic E-state index is 12.8. The molecule has 1 unspecified atom stereocenters. The van der Waals surface area contributed by atoms with Gasteiger partial charge in [-0.1, -0.05) is 18.2 Å². The van der Waals surface area contributed by atoms with Crippen LogP contribution < -0.4 is 0 Å². The van der Waals surface area contributed by atoms with Gasteiger partial charge in [-0.3, -0.25) is 9.59 Å². The lowest BCUT2D eigenvalue weighted by atomic mass is 10.2. The Kier molecular flexibility index (Phi) is 4.60. The number of hydrogen-bond acceptors (Lipinski definition) is 5. The highest BCUT2D eigenvalue weighted by Gasteiger charge is 2.45. The quantitative estimate of drug-likeness (QED) is 0.774. The van der Waals surface area contributed by atoms with E-state index in [1.165, 1.54) is 12.1 Å². The average molecular weight is 351 g/mol. The van der Waals surface area contributed by atoms with E-state index in [1.54, 1.807) is 23.1 Å². The van der Waals surface area contributed by atoms with Gasteiger partial charge in [-0.05, 0) is 25.6 Å². The number of nitrogens with zero attached hydrogens (tertiary/aromatic N) is 3. The Labute approximate surface area is 141 Å². The summed E-state index contributed by atoms with van der Waals surface area (Å²) in [6.45, 7) is 2.61. The van der Waals surface area contributed by atoms with Gasteiger partial charge in [0, 0.05) is 32.6 Å². The summed E-state index contributed by atoms with van der Waals surface area (Å²) in [5.74, 6) is -0.778. The molecule has 2 aliphatic rings. The maximum atomic E-state index is 12.8. The zero-order chi connectivity index (χ0) is 17.3. The molecule has 3 rings (SSSR count). The van der Waals surface area contributed by atoms with Crippen LogP contribution in [0.3, 0.4) is 0 Å². The first-order chi connectivity index (χ1) is 11.4. The third kappa shape index (κ3) is 3.03. The van der Waals surface area contributed by atoms with Crippen LogP contribution in [-0.2, 0) is 19.6 Å². The van der Waals surface area contributed by atoms with Crippen molar-refractivity contribution in [3.63, 3.8) is 0 Å². The fourth-order valence-corrected chi connectivity index (χ4v) is 4.75. The van der Waals surface area contributed by atoms with Crippen LogP contribution in [0.4, 0.5) is 0 Å². The maximum Gasteiger partial charge on any atom is 0.267 e. The van der Waals surface area contributed by atoms with Crippen LogP contribution in [0.15, 0.2) is 35.2 Å². The number of piperazine rings is 1. The fourth-order valence-electron chi connectivity index (χ4n) is 3.13. The lowest BCUT2D eigenvalue weighted by Gasteiger charge is -2.35. The van der Waals surface area contributed by atoms with Crippen molar-refractivity contribution in [1.82, 2.24) is 14.1 Å². The normalized spacial score (nSPS) is 22.9. The average Bonchev–Trinajstić information content (AvgIpc) is 2.98. The predicted molar refractivity (Wildman–Crippen MR) is 87.6 cm³/mol. The Bertz CT molecular complexity index is 727. The van der Waals surface area contributed by atoms with Gasteiger partial charge in [0.1, 0.15) is 6.04 Å². The Morgan fingerprint density at radius 1 is 1.08 bits per heavy atom. The van der Waals surface area contributed by atoms with Crippen molar-refractivity contribution in [1.29, 1.82) is 0 Å². The third-order valence-electron chi connectivity index (χ3n) is 4.56. The third-order valence-corrected chi connectivity index (χ3v) is 6.40. The zero-order valence-corrected chi connectivity index (χ0v) is 14.4. The van der Waals surface area contributed by atoms with E-state index in [9.17, 15) is 18.0 Å². The highest BCUT2D eigenvalue weighted by atomic mass is 32.2. The van der Waals surface area contributed by atoms with Gasteiger partial charge in [0.25, 0.3) is 10.0 Å². The van der Waals surface area contributed by atoms with Crippen LogP contribution in [0.5, 0.6) is 0 Å². The van der Waals surface area contributed by atoms with Crippen molar-refractivity contribution >= 4 is 21.8 Å². The topological polar surface area (TPSA) is 78.0 Å². The smallest absolute Gasteiger partial charge is 0.267 e. The number of carbonyl (C=O) groups is 2. The molecule has 24 heavy (non-hydrogen) atoms. The van der Waals surface area contributed by atoms with Crippen molar-refractivity contribution in [2.75, 3.05) is 33.2 Å². The molecule has 0 radical (unpaired) electrons. The molecule has 0 spiro atoms. The van der Waals surface area contributed by atoms with Gasteiger partial charge in [0.15, 0.2) is 0 Å². The Morgan fingerprint density at radius 2 is 1.71 bits per heavy atom. The van der Waals surface area contributed by atoms with Gasteiger partial charge in [0.2, 0.25) is 11.8 Å². The summed E-state index contributed by atoms with van der Waals surface area (Å²) in [5.41, 5.74) is 0. The van der Waals surface area contributed by atoms with Gasteiger partial charge in [-0.25, -0.2) is 12.7 Å². The number of benzene rings is 1. The standard InChI is InChI=1S/C16H21N3O4S/c1-17-9-11-18(12-10-17)16(21)14-7-8-15(20)19(14)24(22,23)13-5-3-2-4-6-13/h2-6,14H,7-12H2,1H3. The molecule has 130 valence electrons. The van der Waals surface area contributed by atoms with Crippen molar-refractivity contribution in [3.8, 4) is 0 Å². The second-order valence-corrected chi connectivity index (χ2v) is 8.01. The minimum atomic E-state index is -4.01. The van der Waals surface area contributed by atoms with Crippen LogP contribution in [0.25, 0.3) is 0 Å². The number of likely N-dealkylation sites (N-methyl/N-ethyl adjacent to an activating group) is 1. The summed E-state index contributed by atoms with van der Waals surface area (Å²) in [6, 6.07) is 6.87. The molecule has 0 N–H and O–H groups in total. The predicted octanol–water partition coefficient (Wildman–Crippen LogP) is 0.140. The van der Waals surface area contributed by atoms with E-state index in [1.807, 2.05) is 7.05 Å². The molecule has 7 nitrogen and oxygen atoms in total. The molecule has 2 amide bonds. The number of hydrogen-bond donors (Lipinski definition) is 0. The number of sulfonamides is 1. The summed E-state index contributed by atoms with van der Waals surface area (Å²) < 4.78 is 26.4. The van der Waals surface area contributed by atoms with Crippen molar-refractivity contribution in [3.05, 3.63) is 30.3 Å². The van der Waals surface area contributed by atoms with Crippen molar-refractivity contribution < 1.29 is 18.0 Å². The largest absolute Gasteiger partial charge is 0.338 e. The SMILES string of the molecule is CN1CCN(C(=O)C2CCC(=O)N2S(=O)(=O)c2ccccc2)CC1. The number of carbonyl (C=O) groups excluding carboxylic acids is 2. The summed E-state index contributed by atoms with van der Waals surface area (Å²) in [5, 5.41) is 0. The molecule has 8 heteroatoms. The Hall–Kier alpha value is -1.93. The molecule has 2 aliphatic heterocycles. The highest BCUT2D eigenvalue weighted by molar-refractivity contribution is 7.89. The first-order valence-corrected chi connectivity index (χ1v) is 9.45. The molecule has 0 aromatic heterocycles. The summed E-state index contributed by atoms with van der Waals surface area (Å²) in [7, 11) is -2.03. The first-order valence-electron chi connectivity index (χ1n) is 8.01. The van der Waals surface area contributed by atoms with Gasteiger partial charge in [0.05, 0.1) is 4.90 Å². The number of rotatable bonds is 3. The molecule has 0 saturated carbocycles. The molecular weight excluding hydrogens is 330 g/mol. The Morgan fingerprint density at radius 3 is 2.33 bits per heavy atom. The van der Waals surface area contributed by atoms with Crippen molar-refractivity contribution in [2.24, 2.45) is 0 Å². The minimum Gasteiger partial charge on any atom is -0.338 e. The van der Waals surface area contributed by atoms with Crippen LogP contribution in [0, 0.1) is 0 Å². The Balaban J connectivity index is 1.86. The monoisotopic (exact) mass is 351 g/mol. The second kappa shape index (κ2) is 6.52. The van der Waals surface area contributed by atoms with E-state index in [2.05, 4.69) is 4.90 Å². The van der Waals surface area contributed by atoms with E-state index in [0.29, 0.717) is 13.1 Å². The molecule has 2 heterocycles. The molecule has 1 aromatic carbocycles. The molecule has 1 aromatic rings. The highest BCUT2D eigenvalue weighted by Crippen LogP contribution is 2.28. The van der Waals surface area contributed by atoms with Crippen LogP contribution in [0.1, 0.15) is 12.8 Å². The van der Waals surface area contributed by atoms with E-state index < -0.39 is 22.0 Å². The van der Waals surface area contributed by atoms with Gasteiger partial charge < -0.3 is 9.80 Å². The van der Waals surface area contributed by atoms with Crippen LogP contribution >= 0.6 is 0 Å². The first kappa shape index (κ1) is 16.9. The molecule has 2 fully saturated rings. The minimum absolute atomic E-state index is 0.0384.